The molecule has 5 nitrogen and oxygen atoms in total. The SMILES string of the molecule is CC(C)(C)OC(=O)N1C[C@H]2CNC[C@@](C)(C1)C2O. The van der Waals surface area contributed by atoms with Gasteiger partial charge in [-0.2, -0.15) is 0 Å². The minimum atomic E-state index is -0.471. The normalized spacial score (nSPS) is 36.4. The standard InChI is InChI=1S/C13H24N2O3/c1-12(2,3)18-11(17)15-6-9-5-14-7-13(4,8-15)10(9)16/h9-10,14,16H,5-8H2,1-4H3/t9-,10?,13+/m1/s1. The van der Waals surface area contributed by atoms with Crippen molar-refractivity contribution in [3.63, 3.8) is 0 Å². The van der Waals surface area contributed by atoms with Gasteiger partial charge in [0.1, 0.15) is 5.60 Å². The summed E-state index contributed by atoms with van der Waals surface area (Å²) in [6.07, 6.45) is -0.607. The summed E-state index contributed by atoms with van der Waals surface area (Å²) in [4.78, 5) is 13.8. The fourth-order valence-corrected chi connectivity index (χ4v) is 2.89. The minimum Gasteiger partial charge on any atom is -0.444 e. The van der Waals surface area contributed by atoms with Crippen molar-refractivity contribution in [3.05, 3.63) is 0 Å². The van der Waals surface area contributed by atoms with E-state index in [9.17, 15) is 9.90 Å². The molecule has 2 fully saturated rings. The maximum atomic E-state index is 12.1. The molecule has 1 amide bonds. The molecule has 0 saturated carbocycles. The molecular formula is C13H24N2O3. The van der Waals surface area contributed by atoms with E-state index in [1.54, 1.807) is 4.90 Å². The molecule has 0 spiro atoms. The molecule has 2 aliphatic rings. The van der Waals surface area contributed by atoms with Crippen molar-refractivity contribution in [1.29, 1.82) is 0 Å². The van der Waals surface area contributed by atoms with Crippen LogP contribution in [0.15, 0.2) is 0 Å². The van der Waals surface area contributed by atoms with E-state index in [2.05, 4.69) is 5.32 Å². The number of amides is 1. The van der Waals surface area contributed by atoms with Crippen molar-refractivity contribution < 1.29 is 14.6 Å². The summed E-state index contributed by atoms with van der Waals surface area (Å²) >= 11 is 0. The lowest BCUT2D eigenvalue weighted by molar-refractivity contribution is -0.0944. The number of carbonyl (C=O) groups excluding carboxylic acids is 1. The van der Waals surface area contributed by atoms with Crippen LogP contribution < -0.4 is 5.32 Å². The van der Waals surface area contributed by atoms with Crippen molar-refractivity contribution in [2.45, 2.75) is 39.4 Å². The molecule has 0 aromatic rings. The number of rotatable bonds is 0. The zero-order chi connectivity index (χ0) is 13.6. The fraction of sp³-hybridized carbons (Fsp3) is 0.923. The maximum Gasteiger partial charge on any atom is 0.410 e. The Labute approximate surface area is 108 Å². The molecule has 5 heteroatoms. The number of hydrogen-bond donors (Lipinski definition) is 2. The third-order valence-corrected chi connectivity index (χ3v) is 3.75. The number of carbonyl (C=O) groups is 1. The van der Waals surface area contributed by atoms with Crippen LogP contribution in [0.25, 0.3) is 0 Å². The molecule has 18 heavy (non-hydrogen) atoms. The zero-order valence-corrected chi connectivity index (χ0v) is 11.7. The van der Waals surface area contributed by atoms with Crippen LogP contribution in [0.2, 0.25) is 0 Å². The van der Waals surface area contributed by atoms with Gasteiger partial charge in [0.15, 0.2) is 0 Å². The number of nitrogens with one attached hydrogen (secondary N) is 1. The Hall–Kier alpha value is -0.810. The van der Waals surface area contributed by atoms with Gasteiger partial charge in [-0.25, -0.2) is 4.79 Å². The van der Waals surface area contributed by atoms with Gasteiger partial charge in [0.2, 0.25) is 0 Å². The van der Waals surface area contributed by atoms with E-state index in [1.165, 1.54) is 0 Å². The summed E-state index contributed by atoms with van der Waals surface area (Å²) in [5.41, 5.74) is -0.737. The van der Waals surface area contributed by atoms with Gasteiger partial charge in [0.05, 0.1) is 6.10 Å². The molecule has 0 aromatic heterocycles. The summed E-state index contributed by atoms with van der Waals surface area (Å²) in [5.74, 6) is 0.102. The molecule has 2 saturated heterocycles. The molecule has 2 N–H and O–H groups in total. The van der Waals surface area contributed by atoms with E-state index in [4.69, 9.17) is 4.74 Å². The van der Waals surface area contributed by atoms with Crippen LogP contribution in [0, 0.1) is 11.3 Å². The van der Waals surface area contributed by atoms with Crippen LogP contribution in [-0.2, 0) is 4.74 Å². The van der Waals surface area contributed by atoms with Gasteiger partial charge in [-0.05, 0) is 20.8 Å². The second-order valence-corrected chi connectivity index (χ2v) is 6.85. The molecule has 0 radical (unpaired) electrons. The van der Waals surface area contributed by atoms with Gasteiger partial charge >= 0.3 is 6.09 Å². The van der Waals surface area contributed by atoms with Gasteiger partial charge in [-0.15, -0.1) is 0 Å². The van der Waals surface area contributed by atoms with Crippen molar-refractivity contribution in [2.24, 2.45) is 11.3 Å². The molecule has 0 aromatic carbocycles. The van der Waals surface area contributed by atoms with E-state index in [0.29, 0.717) is 13.1 Å². The van der Waals surface area contributed by atoms with Crippen LogP contribution in [0.4, 0.5) is 4.79 Å². The average Bonchev–Trinajstić information content (AvgIpc) is 2.18. The highest BCUT2D eigenvalue weighted by atomic mass is 16.6. The Morgan fingerprint density at radius 2 is 2.17 bits per heavy atom. The topological polar surface area (TPSA) is 61.8 Å². The largest absolute Gasteiger partial charge is 0.444 e. The molecule has 2 rings (SSSR count). The fourth-order valence-electron chi connectivity index (χ4n) is 2.89. The van der Waals surface area contributed by atoms with Crippen molar-refractivity contribution in [3.8, 4) is 0 Å². The highest BCUT2D eigenvalue weighted by Gasteiger charge is 2.48. The smallest absolute Gasteiger partial charge is 0.410 e. The summed E-state index contributed by atoms with van der Waals surface area (Å²) in [7, 11) is 0. The van der Waals surface area contributed by atoms with E-state index < -0.39 is 5.60 Å². The molecule has 3 atom stereocenters. The molecule has 1 unspecified atom stereocenters. The summed E-state index contributed by atoms with van der Waals surface area (Å²) in [6, 6.07) is 0. The maximum absolute atomic E-state index is 12.1. The third kappa shape index (κ3) is 2.62. The first-order valence-electron chi connectivity index (χ1n) is 6.58. The average molecular weight is 256 g/mol. The lowest BCUT2D eigenvalue weighted by Gasteiger charge is -2.51. The number of aliphatic hydroxyl groups excluding tert-OH is 1. The molecule has 2 heterocycles. The Bertz CT molecular complexity index is 340. The Morgan fingerprint density at radius 1 is 1.50 bits per heavy atom. The second-order valence-electron chi connectivity index (χ2n) is 6.85. The van der Waals surface area contributed by atoms with Gasteiger partial charge in [0.25, 0.3) is 0 Å². The van der Waals surface area contributed by atoms with Gasteiger partial charge in [-0.3, -0.25) is 0 Å². The predicted octanol–water partition coefficient (Wildman–Crippen LogP) is 0.824. The van der Waals surface area contributed by atoms with Crippen LogP contribution in [0.5, 0.6) is 0 Å². The van der Waals surface area contributed by atoms with Crippen LogP contribution >= 0.6 is 0 Å². The molecule has 2 aliphatic heterocycles. The number of fused-ring (bicyclic) bond motifs is 2. The molecule has 0 aliphatic carbocycles. The minimum absolute atomic E-state index is 0.102. The van der Waals surface area contributed by atoms with Crippen molar-refractivity contribution >= 4 is 6.09 Å². The van der Waals surface area contributed by atoms with E-state index in [1.807, 2.05) is 27.7 Å². The Kier molecular flexibility index (Phi) is 3.32. The van der Waals surface area contributed by atoms with E-state index >= 15 is 0 Å². The number of nitrogens with zero attached hydrogens (tertiary/aromatic N) is 1. The summed E-state index contributed by atoms with van der Waals surface area (Å²) in [6.45, 7) is 10.2. The van der Waals surface area contributed by atoms with Crippen LogP contribution in [0.3, 0.4) is 0 Å². The number of aliphatic hydroxyl groups is 1. The third-order valence-electron chi connectivity index (χ3n) is 3.75. The summed E-state index contributed by atoms with van der Waals surface area (Å²) in [5, 5.41) is 13.6. The molecule has 2 bridgehead atoms. The van der Waals surface area contributed by atoms with Crippen LogP contribution in [-0.4, -0.2) is 54.0 Å². The highest BCUT2D eigenvalue weighted by molar-refractivity contribution is 5.68. The predicted molar refractivity (Wildman–Crippen MR) is 68.3 cm³/mol. The van der Waals surface area contributed by atoms with Crippen molar-refractivity contribution in [2.75, 3.05) is 26.2 Å². The first-order chi connectivity index (χ1) is 8.21. The van der Waals surface area contributed by atoms with E-state index in [-0.39, 0.29) is 23.5 Å². The van der Waals surface area contributed by atoms with Gasteiger partial charge in [0, 0.05) is 37.5 Å². The quantitative estimate of drug-likeness (QED) is 0.674. The first kappa shape index (κ1) is 13.6. The van der Waals surface area contributed by atoms with Gasteiger partial charge in [-0.1, -0.05) is 6.92 Å². The number of likely N-dealkylation sites (tertiary alicyclic amines) is 1. The molecular weight excluding hydrogens is 232 g/mol. The second kappa shape index (κ2) is 4.38. The monoisotopic (exact) mass is 256 g/mol. The molecule has 104 valence electrons. The lowest BCUT2D eigenvalue weighted by atomic mass is 9.71. The lowest BCUT2D eigenvalue weighted by Crippen LogP contribution is -2.65. The summed E-state index contributed by atoms with van der Waals surface area (Å²) < 4.78 is 5.41. The number of piperidine rings is 2. The van der Waals surface area contributed by atoms with Crippen molar-refractivity contribution in [1.82, 2.24) is 10.2 Å². The Morgan fingerprint density at radius 3 is 2.72 bits per heavy atom. The zero-order valence-electron chi connectivity index (χ0n) is 11.7. The first-order valence-corrected chi connectivity index (χ1v) is 6.58. The van der Waals surface area contributed by atoms with E-state index in [0.717, 1.165) is 13.1 Å². The van der Waals surface area contributed by atoms with Gasteiger partial charge < -0.3 is 20.1 Å². The number of ether oxygens (including phenoxy) is 1. The Balaban J connectivity index is 2.07. The van der Waals surface area contributed by atoms with Crippen LogP contribution in [0.1, 0.15) is 27.7 Å². The number of hydrogen-bond acceptors (Lipinski definition) is 4. The highest BCUT2D eigenvalue weighted by Crippen LogP contribution is 2.35.